The van der Waals surface area contributed by atoms with E-state index in [0.29, 0.717) is 18.7 Å². The van der Waals surface area contributed by atoms with Gasteiger partial charge in [0.15, 0.2) is 0 Å². The maximum Gasteiger partial charge on any atom is 0.244 e. The summed E-state index contributed by atoms with van der Waals surface area (Å²) in [4.78, 5) is 28.1. The highest BCUT2D eigenvalue weighted by molar-refractivity contribution is 7.92. The van der Waals surface area contributed by atoms with Crippen molar-refractivity contribution in [3.8, 4) is 0 Å². The zero-order valence-electron chi connectivity index (χ0n) is 20.9. The summed E-state index contributed by atoms with van der Waals surface area (Å²) >= 11 is 0. The molecule has 0 unspecified atom stereocenters. The third-order valence-corrected chi connectivity index (χ3v) is 6.88. The first-order valence-corrected chi connectivity index (χ1v) is 13.6. The molecule has 8 heteroatoms. The Balaban J connectivity index is 2.40. The number of aryl methyl sites for hydroxylation is 2. The summed E-state index contributed by atoms with van der Waals surface area (Å²) < 4.78 is 26.4. The van der Waals surface area contributed by atoms with Crippen LogP contribution in [-0.4, -0.2) is 50.5 Å². The van der Waals surface area contributed by atoms with Crippen LogP contribution in [-0.2, 0) is 26.2 Å². The minimum absolute atomic E-state index is 0.212. The fraction of sp³-hybridized carbons (Fsp3) is 0.462. The van der Waals surface area contributed by atoms with Crippen molar-refractivity contribution >= 4 is 27.5 Å². The molecule has 2 aromatic carbocycles. The number of carbonyl (C=O) groups is 2. The maximum absolute atomic E-state index is 13.6. The summed E-state index contributed by atoms with van der Waals surface area (Å²) in [6, 6.07) is 14.1. The van der Waals surface area contributed by atoms with Gasteiger partial charge in [-0.05, 0) is 43.9 Å². The number of nitrogens with one attached hydrogen (secondary N) is 1. The molecule has 1 atom stereocenters. The van der Waals surface area contributed by atoms with Crippen molar-refractivity contribution in [2.45, 2.75) is 59.5 Å². The molecule has 0 bridgehead atoms. The van der Waals surface area contributed by atoms with Gasteiger partial charge in [0.05, 0.1) is 11.9 Å². The Morgan fingerprint density at radius 1 is 1.00 bits per heavy atom. The molecule has 186 valence electrons. The Bertz CT molecular complexity index is 1070. The third-order valence-electron chi connectivity index (χ3n) is 5.75. The molecular formula is C26H37N3O4S. The van der Waals surface area contributed by atoms with Crippen LogP contribution in [0.4, 0.5) is 5.69 Å². The number of rotatable bonds is 12. The van der Waals surface area contributed by atoms with Crippen LogP contribution in [0.2, 0.25) is 0 Å². The number of nitrogens with zero attached hydrogens (tertiary/aromatic N) is 2. The zero-order valence-corrected chi connectivity index (χ0v) is 21.7. The molecular weight excluding hydrogens is 450 g/mol. The highest BCUT2D eigenvalue weighted by atomic mass is 32.2. The number of sulfonamides is 1. The second-order valence-corrected chi connectivity index (χ2v) is 10.5. The van der Waals surface area contributed by atoms with E-state index in [1.54, 1.807) is 25.1 Å². The van der Waals surface area contributed by atoms with Crippen molar-refractivity contribution in [2.24, 2.45) is 0 Å². The molecule has 0 aromatic heterocycles. The predicted octanol–water partition coefficient (Wildman–Crippen LogP) is 3.79. The molecule has 0 saturated heterocycles. The Morgan fingerprint density at radius 3 is 2.21 bits per heavy atom. The molecule has 0 saturated carbocycles. The van der Waals surface area contributed by atoms with Crippen molar-refractivity contribution in [3.05, 3.63) is 65.2 Å². The second kappa shape index (κ2) is 12.6. The fourth-order valence-electron chi connectivity index (χ4n) is 3.75. The zero-order chi connectivity index (χ0) is 25.3. The van der Waals surface area contributed by atoms with E-state index in [0.717, 1.165) is 40.1 Å². The molecule has 0 aliphatic rings. The Kier molecular flexibility index (Phi) is 10.1. The van der Waals surface area contributed by atoms with Crippen LogP contribution in [0.15, 0.2) is 48.5 Å². The van der Waals surface area contributed by atoms with E-state index in [2.05, 4.69) is 5.32 Å². The fourth-order valence-corrected chi connectivity index (χ4v) is 4.66. The van der Waals surface area contributed by atoms with Gasteiger partial charge in [-0.3, -0.25) is 13.9 Å². The first kappa shape index (κ1) is 27.4. The number of benzene rings is 2. The summed E-state index contributed by atoms with van der Waals surface area (Å²) in [6.07, 6.45) is 3.30. The number of carbonyl (C=O) groups excluding carboxylic acids is 2. The average molecular weight is 488 g/mol. The number of hydrogen-bond acceptors (Lipinski definition) is 4. The van der Waals surface area contributed by atoms with E-state index >= 15 is 0 Å². The van der Waals surface area contributed by atoms with E-state index in [-0.39, 0.29) is 19.0 Å². The number of unbranched alkanes of at least 4 members (excludes halogenated alkanes) is 1. The Morgan fingerprint density at radius 2 is 1.65 bits per heavy atom. The standard InChI is InChI=1S/C26H37N3O4S/c1-6-8-17-27-26(31)23(7-2)28(18-22-15-13-20(3)14-16-22)25(30)19-29(34(5,32)33)24-12-10-9-11-21(24)4/h9-16,23H,6-8,17-19H2,1-5H3,(H,27,31)/t23-/m1/s1. The van der Waals surface area contributed by atoms with Crippen molar-refractivity contribution in [2.75, 3.05) is 23.7 Å². The molecule has 0 aliphatic carbocycles. The van der Waals surface area contributed by atoms with Gasteiger partial charge in [-0.1, -0.05) is 68.3 Å². The van der Waals surface area contributed by atoms with Gasteiger partial charge in [-0.15, -0.1) is 0 Å². The van der Waals surface area contributed by atoms with Crippen LogP contribution in [0.25, 0.3) is 0 Å². The molecule has 0 aliphatic heterocycles. The SMILES string of the molecule is CCCCNC(=O)[C@@H](CC)N(Cc1ccc(C)cc1)C(=O)CN(c1ccccc1C)S(C)(=O)=O. The monoisotopic (exact) mass is 487 g/mol. The molecule has 2 amide bonds. The van der Waals surface area contributed by atoms with Gasteiger partial charge in [0, 0.05) is 13.1 Å². The lowest BCUT2D eigenvalue weighted by Crippen LogP contribution is -2.52. The van der Waals surface area contributed by atoms with Gasteiger partial charge in [-0.2, -0.15) is 0 Å². The maximum atomic E-state index is 13.6. The highest BCUT2D eigenvalue weighted by Gasteiger charge is 2.31. The Labute approximate surface area is 204 Å². The van der Waals surface area contributed by atoms with Crippen LogP contribution < -0.4 is 9.62 Å². The predicted molar refractivity (Wildman–Crippen MR) is 137 cm³/mol. The van der Waals surface area contributed by atoms with E-state index < -0.39 is 22.0 Å². The molecule has 2 aromatic rings. The van der Waals surface area contributed by atoms with E-state index in [1.807, 2.05) is 51.1 Å². The molecule has 1 N–H and O–H groups in total. The van der Waals surface area contributed by atoms with Crippen molar-refractivity contribution in [3.63, 3.8) is 0 Å². The number of hydrogen-bond donors (Lipinski definition) is 1. The van der Waals surface area contributed by atoms with Crippen LogP contribution in [0.5, 0.6) is 0 Å². The van der Waals surface area contributed by atoms with Gasteiger partial charge in [0.1, 0.15) is 12.6 Å². The van der Waals surface area contributed by atoms with Crippen LogP contribution in [0.3, 0.4) is 0 Å². The molecule has 0 heterocycles. The molecule has 0 radical (unpaired) electrons. The molecule has 34 heavy (non-hydrogen) atoms. The summed E-state index contributed by atoms with van der Waals surface area (Å²) in [5.74, 6) is -0.648. The van der Waals surface area contributed by atoms with E-state index in [9.17, 15) is 18.0 Å². The van der Waals surface area contributed by atoms with Crippen molar-refractivity contribution < 1.29 is 18.0 Å². The normalized spacial score (nSPS) is 12.1. The smallest absolute Gasteiger partial charge is 0.244 e. The molecule has 7 nitrogen and oxygen atoms in total. The summed E-state index contributed by atoms with van der Waals surface area (Å²) in [5.41, 5.74) is 3.17. The highest BCUT2D eigenvalue weighted by Crippen LogP contribution is 2.23. The Hall–Kier alpha value is -2.87. The minimum atomic E-state index is -3.73. The molecule has 2 rings (SSSR count). The molecule has 0 fully saturated rings. The van der Waals surface area contributed by atoms with E-state index in [4.69, 9.17) is 0 Å². The van der Waals surface area contributed by atoms with Gasteiger partial charge < -0.3 is 10.2 Å². The quantitative estimate of drug-likeness (QED) is 0.462. The second-order valence-electron chi connectivity index (χ2n) is 8.63. The third kappa shape index (κ3) is 7.58. The van der Waals surface area contributed by atoms with Gasteiger partial charge >= 0.3 is 0 Å². The topological polar surface area (TPSA) is 86.8 Å². The lowest BCUT2D eigenvalue weighted by molar-refractivity contribution is -0.140. The van der Waals surface area contributed by atoms with Gasteiger partial charge in [0.2, 0.25) is 21.8 Å². The van der Waals surface area contributed by atoms with Crippen molar-refractivity contribution in [1.29, 1.82) is 0 Å². The first-order chi connectivity index (χ1) is 16.1. The first-order valence-electron chi connectivity index (χ1n) is 11.7. The van der Waals surface area contributed by atoms with Gasteiger partial charge in [0.25, 0.3) is 0 Å². The molecule has 0 spiro atoms. The summed E-state index contributed by atoms with van der Waals surface area (Å²) in [5, 5.41) is 2.92. The summed E-state index contributed by atoms with van der Waals surface area (Å²) in [6.45, 7) is 8.06. The average Bonchev–Trinajstić information content (AvgIpc) is 2.78. The lowest BCUT2D eigenvalue weighted by atomic mass is 10.1. The van der Waals surface area contributed by atoms with Crippen LogP contribution >= 0.6 is 0 Å². The number of para-hydroxylation sites is 1. The van der Waals surface area contributed by atoms with E-state index in [1.165, 1.54) is 4.90 Å². The van der Waals surface area contributed by atoms with Crippen LogP contribution in [0, 0.1) is 13.8 Å². The van der Waals surface area contributed by atoms with Crippen molar-refractivity contribution in [1.82, 2.24) is 10.2 Å². The van der Waals surface area contributed by atoms with Gasteiger partial charge in [-0.25, -0.2) is 8.42 Å². The minimum Gasteiger partial charge on any atom is -0.354 e. The number of amides is 2. The largest absolute Gasteiger partial charge is 0.354 e. The number of anilines is 1. The summed E-state index contributed by atoms with van der Waals surface area (Å²) in [7, 11) is -3.73. The lowest BCUT2D eigenvalue weighted by Gasteiger charge is -2.33. The van der Waals surface area contributed by atoms with Crippen LogP contribution in [0.1, 0.15) is 49.8 Å².